The number of aliphatic hydroxyl groups excluding tert-OH is 1. The van der Waals surface area contributed by atoms with Crippen LogP contribution in [-0.4, -0.2) is 43.2 Å². The van der Waals surface area contributed by atoms with Crippen LogP contribution in [0.1, 0.15) is 25.7 Å². The van der Waals surface area contributed by atoms with E-state index < -0.39 is 18.1 Å². The number of halogens is 3. The van der Waals surface area contributed by atoms with Crippen molar-refractivity contribution in [1.29, 1.82) is 0 Å². The zero-order valence-corrected chi connectivity index (χ0v) is 9.15. The van der Waals surface area contributed by atoms with Crippen molar-refractivity contribution in [3.63, 3.8) is 0 Å². The third-order valence-electron chi connectivity index (χ3n) is 2.89. The fourth-order valence-electron chi connectivity index (χ4n) is 1.80. The van der Waals surface area contributed by atoms with Crippen molar-refractivity contribution in [2.24, 2.45) is 0 Å². The molecule has 0 aliphatic carbocycles. The van der Waals surface area contributed by atoms with Crippen LogP contribution >= 0.6 is 0 Å². The van der Waals surface area contributed by atoms with Crippen molar-refractivity contribution in [3.8, 4) is 0 Å². The lowest BCUT2D eigenvalue weighted by molar-refractivity contribution is -0.135. The van der Waals surface area contributed by atoms with Gasteiger partial charge in [-0.2, -0.15) is 13.2 Å². The number of hydrogen-bond donors (Lipinski definition) is 2. The number of hydrogen-bond acceptors (Lipinski definition) is 3. The number of rotatable bonds is 5. The minimum atomic E-state index is -4.09. The van der Waals surface area contributed by atoms with E-state index in [-0.39, 0.29) is 19.6 Å². The Labute approximate surface area is 93.0 Å². The van der Waals surface area contributed by atoms with Crippen molar-refractivity contribution in [1.82, 2.24) is 5.32 Å². The van der Waals surface area contributed by atoms with Gasteiger partial charge in [0.05, 0.1) is 6.61 Å². The zero-order chi connectivity index (χ0) is 12.1. The quantitative estimate of drug-likeness (QED) is 0.716. The van der Waals surface area contributed by atoms with Gasteiger partial charge in [-0.05, 0) is 25.8 Å². The molecule has 1 heterocycles. The number of aliphatic hydroxyl groups is 1. The Balaban J connectivity index is 2.23. The van der Waals surface area contributed by atoms with Crippen LogP contribution in [-0.2, 0) is 4.74 Å². The average molecular weight is 241 g/mol. The van der Waals surface area contributed by atoms with Gasteiger partial charge in [-0.3, -0.25) is 0 Å². The molecule has 0 unspecified atom stereocenters. The summed E-state index contributed by atoms with van der Waals surface area (Å²) in [7, 11) is 0. The van der Waals surface area contributed by atoms with Crippen LogP contribution in [0.5, 0.6) is 0 Å². The van der Waals surface area contributed by atoms with Gasteiger partial charge in [-0.25, -0.2) is 0 Å². The molecule has 0 amide bonds. The summed E-state index contributed by atoms with van der Waals surface area (Å²) in [5.74, 6) is 0. The fraction of sp³-hybridized carbons (Fsp3) is 1.00. The molecule has 0 saturated carbocycles. The zero-order valence-electron chi connectivity index (χ0n) is 9.15. The maximum atomic E-state index is 11.9. The minimum absolute atomic E-state index is 0.0477. The van der Waals surface area contributed by atoms with E-state index in [9.17, 15) is 18.3 Å². The summed E-state index contributed by atoms with van der Waals surface area (Å²) in [5, 5.41) is 12.3. The SMILES string of the molecule is OCC1(NCCCC(F)(F)F)CCOCC1. The third-order valence-corrected chi connectivity index (χ3v) is 2.89. The molecule has 0 radical (unpaired) electrons. The highest BCUT2D eigenvalue weighted by Gasteiger charge is 2.32. The predicted octanol–water partition coefficient (Wildman–Crippen LogP) is 1.46. The third kappa shape index (κ3) is 4.67. The maximum absolute atomic E-state index is 11.9. The van der Waals surface area contributed by atoms with E-state index in [1.54, 1.807) is 0 Å². The van der Waals surface area contributed by atoms with Crippen LogP contribution in [0.25, 0.3) is 0 Å². The van der Waals surface area contributed by atoms with E-state index in [1.807, 2.05) is 0 Å². The van der Waals surface area contributed by atoms with Gasteiger partial charge in [0, 0.05) is 25.2 Å². The van der Waals surface area contributed by atoms with Gasteiger partial charge in [-0.15, -0.1) is 0 Å². The van der Waals surface area contributed by atoms with Gasteiger partial charge in [-0.1, -0.05) is 0 Å². The van der Waals surface area contributed by atoms with Crippen LogP contribution in [0.15, 0.2) is 0 Å². The van der Waals surface area contributed by atoms with Gasteiger partial charge < -0.3 is 15.2 Å². The topological polar surface area (TPSA) is 41.5 Å². The molecule has 0 atom stereocenters. The minimum Gasteiger partial charge on any atom is -0.394 e. The summed E-state index contributed by atoms with van der Waals surface area (Å²) in [6.45, 7) is 1.32. The maximum Gasteiger partial charge on any atom is 0.389 e. The molecule has 0 aromatic heterocycles. The molecule has 6 heteroatoms. The first-order valence-corrected chi connectivity index (χ1v) is 5.48. The second-order valence-electron chi connectivity index (χ2n) is 4.20. The monoisotopic (exact) mass is 241 g/mol. The normalized spacial score (nSPS) is 21.0. The summed E-state index contributed by atoms with van der Waals surface area (Å²) in [6, 6.07) is 0. The molecule has 0 spiro atoms. The van der Waals surface area contributed by atoms with Gasteiger partial charge in [0.15, 0.2) is 0 Å². The summed E-state index contributed by atoms with van der Waals surface area (Å²) in [6.07, 6.45) is -3.53. The van der Waals surface area contributed by atoms with Crippen molar-refractivity contribution in [2.75, 3.05) is 26.4 Å². The molecule has 0 bridgehead atoms. The molecule has 3 nitrogen and oxygen atoms in total. The standard InChI is InChI=1S/C10H18F3NO2/c11-10(12,13)2-1-5-14-9(8-15)3-6-16-7-4-9/h14-15H,1-8H2. The first-order valence-electron chi connectivity index (χ1n) is 5.48. The Hall–Kier alpha value is -0.330. The van der Waals surface area contributed by atoms with Crippen molar-refractivity contribution < 1.29 is 23.0 Å². The molecule has 2 N–H and O–H groups in total. The van der Waals surface area contributed by atoms with E-state index in [1.165, 1.54) is 0 Å². The lowest BCUT2D eigenvalue weighted by Crippen LogP contribution is -2.52. The Morgan fingerprint density at radius 1 is 1.25 bits per heavy atom. The van der Waals surface area contributed by atoms with E-state index in [4.69, 9.17) is 4.74 Å². The molecule has 1 aliphatic heterocycles. The van der Waals surface area contributed by atoms with Gasteiger partial charge in [0.2, 0.25) is 0 Å². The lowest BCUT2D eigenvalue weighted by Gasteiger charge is -2.36. The summed E-state index contributed by atoms with van der Waals surface area (Å²) >= 11 is 0. The number of alkyl halides is 3. The largest absolute Gasteiger partial charge is 0.394 e. The first-order chi connectivity index (χ1) is 7.47. The van der Waals surface area contributed by atoms with Crippen molar-refractivity contribution in [3.05, 3.63) is 0 Å². The highest BCUT2D eigenvalue weighted by atomic mass is 19.4. The van der Waals surface area contributed by atoms with E-state index in [0.29, 0.717) is 26.1 Å². The molecule has 16 heavy (non-hydrogen) atoms. The number of ether oxygens (including phenoxy) is 1. The van der Waals surface area contributed by atoms with E-state index in [2.05, 4.69) is 5.32 Å². The molecule has 1 saturated heterocycles. The Morgan fingerprint density at radius 3 is 2.38 bits per heavy atom. The second kappa shape index (κ2) is 5.84. The highest BCUT2D eigenvalue weighted by molar-refractivity contribution is 4.89. The predicted molar refractivity (Wildman–Crippen MR) is 53.2 cm³/mol. The molecular weight excluding hydrogens is 223 g/mol. The Kier molecular flexibility index (Phi) is 5.01. The van der Waals surface area contributed by atoms with Gasteiger partial charge in [0.25, 0.3) is 0 Å². The van der Waals surface area contributed by atoms with Crippen LogP contribution in [0, 0.1) is 0 Å². The average Bonchev–Trinajstić information content (AvgIpc) is 2.25. The molecular formula is C10H18F3NO2. The Bertz CT molecular complexity index is 203. The lowest BCUT2D eigenvalue weighted by atomic mass is 9.91. The second-order valence-corrected chi connectivity index (χ2v) is 4.20. The molecule has 1 rings (SSSR count). The van der Waals surface area contributed by atoms with E-state index in [0.717, 1.165) is 0 Å². The summed E-state index contributed by atoms with van der Waals surface area (Å²) in [5.41, 5.74) is -0.441. The molecule has 0 aromatic rings. The smallest absolute Gasteiger partial charge is 0.389 e. The van der Waals surface area contributed by atoms with Crippen LogP contribution in [0.2, 0.25) is 0 Å². The summed E-state index contributed by atoms with van der Waals surface area (Å²) in [4.78, 5) is 0. The van der Waals surface area contributed by atoms with Crippen LogP contribution in [0.3, 0.4) is 0 Å². The summed E-state index contributed by atoms with van der Waals surface area (Å²) < 4.78 is 40.9. The Morgan fingerprint density at radius 2 is 1.88 bits per heavy atom. The van der Waals surface area contributed by atoms with Crippen molar-refractivity contribution in [2.45, 2.75) is 37.4 Å². The molecule has 0 aromatic carbocycles. The van der Waals surface area contributed by atoms with Crippen LogP contribution in [0.4, 0.5) is 13.2 Å². The van der Waals surface area contributed by atoms with Gasteiger partial charge >= 0.3 is 6.18 Å². The van der Waals surface area contributed by atoms with Crippen LogP contribution < -0.4 is 5.32 Å². The molecule has 96 valence electrons. The van der Waals surface area contributed by atoms with E-state index >= 15 is 0 Å². The first kappa shape index (κ1) is 13.7. The molecule has 1 fully saturated rings. The fourth-order valence-corrected chi connectivity index (χ4v) is 1.80. The van der Waals surface area contributed by atoms with Crippen molar-refractivity contribution >= 4 is 0 Å². The highest BCUT2D eigenvalue weighted by Crippen LogP contribution is 2.23. The number of nitrogens with one attached hydrogen (secondary N) is 1. The van der Waals surface area contributed by atoms with Gasteiger partial charge in [0.1, 0.15) is 0 Å². The molecule has 1 aliphatic rings.